The molecule has 0 aliphatic carbocycles. The average Bonchev–Trinajstić information content (AvgIpc) is 2.25. The number of ether oxygens (including phenoxy) is 1. The summed E-state index contributed by atoms with van der Waals surface area (Å²) in [7, 11) is 0. The second-order valence-electron chi connectivity index (χ2n) is 2.28. The first-order valence-corrected chi connectivity index (χ1v) is 3.73. The number of nitrogens with zero attached hydrogens (tertiary/aromatic N) is 4. The van der Waals surface area contributed by atoms with Gasteiger partial charge in [0.15, 0.2) is 6.40 Å². The Hall–Kier alpha value is -2.51. The van der Waals surface area contributed by atoms with Gasteiger partial charge in [-0.3, -0.25) is 20.6 Å². The predicted octanol–water partition coefficient (Wildman–Crippen LogP) is 2.34. The molecule has 0 aliphatic heterocycles. The molecule has 78 valence electrons. The summed E-state index contributed by atoms with van der Waals surface area (Å²) < 4.78 is 4.87. The summed E-state index contributed by atoms with van der Waals surface area (Å²) in [5, 5.41) is 19.1. The van der Waals surface area contributed by atoms with E-state index < -0.39 is 4.92 Å². The smallest absolute Gasteiger partial charge is 0.273 e. The Kier molecular flexibility index (Phi) is 3.71. The Labute approximate surface area is 84.2 Å². The van der Waals surface area contributed by atoms with E-state index in [-0.39, 0.29) is 11.4 Å². The Morgan fingerprint density at radius 1 is 1.53 bits per heavy atom. The van der Waals surface area contributed by atoms with Crippen LogP contribution in [0.25, 0.3) is 5.84 Å². The van der Waals surface area contributed by atoms with Crippen molar-refractivity contribution in [3.8, 4) is 5.75 Å². The highest BCUT2D eigenvalue weighted by Gasteiger charge is 2.05. The van der Waals surface area contributed by atoms with Crippen molar-refractivity contribution in [3.05, 3.63) is 40.2 Å². The molecule has 15 heavy (non-hydrogen) atoms. The average molecular weight is 208 g/mol. The monoisotopic (exact) mass is 208 g/mol. The molecule has 0 atom stereocenters. The van der Waals surface area contributed by atoms with E-state index in [4.69, 9.17) is 10.6 Å². The Morgan fingerprint density at radius 3 is 3.00 bits per heavy atom. The SMILES string of the molecule is [NH-]/N=N/N=C/Oc1cccc([N+](=O)[O-])c1. The first-order valence-electron chi connectivity index (χ1n) is 3.73. The van der Waals surface area contributed by atoms with Gasteiger partial charge in [0.1, 0.15) is 5.75 Å². The van der Waals surface area contributed by atoms with Gasteiger partial charge in [0.25, 0.3) is 5.69 Å². The van der Waals surface area contributed by atoms with Gasteiger partial charge in [-0.25, -0.2) is 5.10 Å². The quantitative estimate of drug-likeness (QED) is 0.248. The lowest BCUT2D eigenvalue weighted by Crippen LogP contribution is -1.91. The third kappa shape index (κ3) is 3.38. The molecule has 1 aromatic carbocycles. The second kappa shape index (κ2) is 5.27. The zero-order chi connectivity index (χ0) is 11.1. The van der Waals surface area contributed by atoms with Gasteiger partial charge in [-0.05, 0) is 6.07 Å². The van der Waals surface area contributed by atoms with E-state index in [0.29, 0.717) is 0 Å². The highest BCUT2D eigenvalue weighted by atomic mass is 16.6. The number of rotatable bonds is 4. The van der Waals surface area contributed by atoms with Gasteiger partial charge in [0, 0.05) is 6.07 Å². The Morgan fingerprint density at radius 2 is 2.33 bits per heavy atom. The summed E-state index contributed by atoms with van der Waals surface area (Å²) in [6, 6.07) is 5.58. The summed E-state index contributed by atoms with van der Waals surface area (Å²) in [6.45, 7) is 0. The topological polar surface area (TPSA) is 113 Å². The molecule has 1 aromatic rings. The van der Waals surface area contributed by atoms with Crippen LogP contribution >= 0.6 is 0 Å². The minimum Gasteiger partial charge on any atom is -0.446 e. The number of hydrogen-bond acceptors (Lipinski definition) is 5. The lowest BCUT2D eigenvalue weighted by Gasteiger charge is -1.98. The van der Waals surface area contributed by atoms with E-state index in [1.807, 2.05) is 0 Å². The van der Waals surface area contributed by atoms with Crippen molar-refractivity contribution in [1.82, 2.24) is 0 Å². The van der Waals surface area contributed by atoms with Crippen molar-refractivity contribution in [2.45, 2.75) is 0 Å². The van der Waals surface area contributed by atoms with E-state index >= 15 is 0 Å². The number of benzene rings is 1. The molecule has 1 rings (SSSR count). The van der Waals surface area contributed by atoms with Crippen LogP contribution in [0.2, 0.25) is 0 Å². The van der Waals surface area contributed by atoms with Crippen LogP contribution < -0.4 is 4.74 Å². The molecule has 0 radical (unpaired) electrons. The van der Waals surface area contributed by atoms with Gasteiger partial charge < -0.3 is 10.6 Å². The van der Waals surface area contributed by atoms with E-state index in [0.717, 1.165) is 6.40 Å². The molecule has 0 heterocycles. The zero-order valence-electron chi connectivity index (χ0n) is 7.40. The molecule has 0 amide bonds. The molecular weight excluding hydrogens is 202 g/mol. The number of nitro benzene ring substituents is 1. The van der Waals surface area contributed by atoms with Gasteiger partial charge in [0.05, 0.1) is 11.0 Å². The Balaban J connectivity index is 2.69. The molecule has 0 saturated carbocycles. The van der Waals surface area contributed by atoms with Gasteiger partial charge in [-0.15, -0.1) is 0 Å². The highest BCUT2D eigenvalue weighted by molar-refractivity contribution is 5.53. The molecule has 0 fully saturated rings. The molecule has 0 unspecified atom stereocenters. The van der Waals surface area contributed by atoms with Crippen LogP contribution in [0.1, 0.15) is 0 Å². The highest BCUT2D eigenvalue weighted by Crippen LogP contribution is 2.18. The molecule has 0 aliphatic rings. The summed E-state index contributed by atoms with van der Waals surface area (Å²) in [6.07, 6.45) is 0.928. The third-order valence-corrected chi connectivity index (χ3v) is 1.36. The zero-order valence-corrected chi connectivity index (χ0v) is 7.40. The molecule has 0 bridgehead atoms. The van der Waals surface area contributed by atoms with Crippen LogP contribution in [0.15, 0.2) is 39.8 Å². The van der Waals surface area contributed by atoms with E-state index in [1.54, 1.807) is 0 Å². The maximum Gasteiger partial charge on any atom is 0.273 e. The van der Waals surface area contributed by atoms with Crippen molar-refractivity contribution in [1.29, 1.82) is 0 Å². The molecule has 8 heteroatoms. The van der Waals surface area contributed by atoms with Crippen molar-refractivity contribution in [2.75, 3.05) is 0 Å². The summed E-state index contributed by atoms with van der Waals surface area (Å²) >= 11 is 0. The van der Waals surface area contributed by atoms with Gasteiger partial charge in [0.2, 0.25) is 0 Å². The van der Waals surface area contributed by atoms with Crippen LogP contribution in [0.5, 0.6) is 5.75 Å². The minimum absolute atomic E-state index is 0.0805. The maximum absolute atomic E-state index is 10.4. The van der Waals surface area contributed by atoms with Gasteiger partial charge in [-0.2, -0.15) is 0 Å². The fourth-order valence-corrected chi connectivity index (χ4v) is 0.802. The standard InChI is InChI=1S/C7H6N5O3/c8-10-11-9-5-15-7-3-1-2-6(4-7)12(13)14/h1-5H,(H-,8,11)/q-1/b9-5+. The normalized spacial score (nSPS) is 10.9. The molecular formula is C7H6N5O3-. The summed E-state index contributed by atoms with van der Waals surface area (Å²) in [4.78, 5) is 9.85. The van der Waals surface area contributed by atoms with Crippen LogP contribution in [-0.2, 0) is 0 Å². The van der Waals surface area contributed by atoms with Crippen LogP contribution in [0, 0.1) is 10.1 Å². The van der Waals surface area contributed by atoms with Crippen molar-refractivity contribution >= 4 is 12.1 Å². The molecule has 0 spiro atoms. The van der Waals surface area contributed by atoms with E-state index in [1.165, 1.54) is 24.3 Å². The molecule has 8 nitrogen and oxygen atoms in total. The first kappa shape index (κ1) is 10.6. The summed E-state index contributed by atoms with van der Waals surface area (Å²) in [5.41, 5.74) is -0.0805. The number of nitro groups is 1. The van der Waals surface area contributed by atoms with Gasteiger partial charge >= 0.3 is 0 Å². The molecule has 1 N–H and O–H groups in total. The van der Waals surface area contributed by atoms with E-state index in [9.17, 15) is 10.1 Å². The maximum atomic E-state index is 10.4. The van der Waals surface area contributed by atoms with Crippen molar-refractivity contribution < 1.29 is 9.66 Å². The summed E-state index contributed by atoms with van der Waals surface area (Å²) in [5.74, 6) is 6.53. The first-order chi connectivity index (χ1) is 7.24. The van der Waals surface area contributed by atoms with Crippen LogP contribution in [0.4, 0.5) is 5.69 Å². The predicted molar refractivity (Wildman–Crippen MR) is 51.4 cm³/mol. The second-order valence-corrected chi connectivity index (χ2v) is 2.28. The fraction of sp³-hybridized carbons (Fsp3) is 0. The van der Waals surface area contributed by atoms with Crippen LogP contribution in [0.3, 0.4) is 0 Å². The fourth-order valence-electron chi connectivity index (χ4n) is 0.802. The third-order valence-electron chi connectivity index (χ3n) is 1.36. The minimum atomic E-state index is -0.534. The molecule has 0 aromatic heterocycles. The van der Waals surface area contributed by atoms with Crippen molar-refractivity contribution in [2.24, 2.45) is 15.5 Å². The van der Waals surface area contributed by atoms with E-state index in [2.05, 4.69) is 15.5 Å². The molecule has 0 saturated heterocycles. The number of hydrogen-bond donors (Lipinski definition) is 0. The number of nitrogens with one attached hydrogen (secondary N) is 1. The lowest BCUT2D eigenvalue weighted by atomic mass is 10.3. The van der Waals surface area contributed by atoms with Gasteiger partial charge in [-0.1, -0.05) is 6.07 Å². The lowest BCUT2D eigenvalue weighted by molar-refractivity contribution is -0.384. The number of non-ortho nitro benzene ring substituents is 1. The van der Waals surface area contributed by atoms with Crippen molar-refractivity contribution in [3.63, 3.8) is 0 Å². The van der Waals surface area contributed by atoms with Crippen LogP contribution in [-0.4, -0.2) is 11.3 Å². The Bertz CT molecular complexity index is 403. The largest absolute Gasteiger partial charge is 0.446 e.